The molecular weight excluding hydrogens is 290 g/mol. The molecule has 0 unspecified atom stereocenters. The minimum Gasteiger partial charge on any atom is -0.497 e. The van der Waals surface area contributed by atoms with Gasteiger partial charge in [0.15, 0.2) is 6.29 Å². The molecule has 0 aliphatic carbocycles. The summed E-state index contributed by atoms with van der Waals surface area (Å²) < 4.78 is 15.4. The van der Waals surface area contributed by atoms with Crippen LogP contribution in [0.3, 0.4) is 0 Å². The fourth-order valence-electron chi connectivity index (χ4n) is 2.50. The van der Waals surface area contributed by atoms with Crippen LogP contribution in [0.1, 0.15) is 5.56 Å². The van der Waals surface area contributed by atoms with Crippen molar-refractivity contribution >= 4 is 0 Å². The minimum absolute atomic E-state index is 0.353. The second-order valence-electron chi connectivity index (χ2n) is 5.20. The van der Waals surface area contributed by atoms with Crippen LogP contribution < -0.4 is 10.1 Å². The van der Waals surface area contributed by atoms with Crippen molar-refractivity contribution in [1.82, 2.24) is 5.32 Å². The van der Waals surface area contributed by atoms with E-state index >= 15 is 0 Å². The number of hydrogen-bond acceptors (Lipinski definition) is 7. The molecule has 4 N–H and O–H groups in total. The summed E-state index contributed by atoms with van der Waals surface area (Å²) in [6, 6.07) is 6.78. The summed E-state index contributed by atoms with van der Waals surface area (Å²) in [4.78, 5) is 0. The normalized spacial score (nSPS) is 32.0. The van der Waals surface area contributed by atoms with Crippen LogP contribution in [0.2, 0.25) is 0 Å². The lowest BCUT2D eigenvalue weighted by Gasteiger charge is -2.42. The molecule has 1 aromatic rings. The number of rotatable bonds is 6. The maximum Gasteiger partial charge on any atom is 0.185 e. The van der Waals surface area contributed by atoms with Crippen molar-refractivity contribution < 1.29 is 29.5 Å². The summed E-state index contributed by atoms with van der Waals surface area (Å²) in [5.41, 5.74) is 0.973. The number of methoxy groups -OCH3 is 2. The molecule has 5 atom stereocenters. The SMILES string of the molecule is COc1ccc(CN[C@H]2[C@H](O)[C@@H](OC)O[C@H](CO)[C@H]2O)cc1. The maximum atomic E-state index is 10.2. The predicted octanol–water partition coefficient (Wildman–Crippen LogP) is -0.761. The highest BCUT2D eigenvalue weighted by Gasteiger charge is 2.44. The summed E-state index contributed by atoms with van der Waals surface area (Å²) in [6.07, 6.45) is -3.78. The second-order valence-corrected chi connectivity index (χ2v) is 5.20. The van der Waals surface area contributed by atoms with Gasteiger partial charge in [-0.15, -0.1) is 0 Å². The third-order valence-electron chi connectivity index (χ3n) is 3.82. The molecule has 7 heteroatoms. The molecule has 0 amide bonds. The van der Waals surface area contributed by atoms with E-state index in [0.717, 1.165) is 11.3 Å². The Balaban J connectivity index is 2.01. The van der Waals surface area contributed by atoms with E-state index in [-0.39, 0.29) is 6.61 Å². The Morgan fingerprint density at radius 1 is 1.14 bits per heavy atom. The van der Waals surface area contributed by atoms with Crippen molar-refractivity contribution in [2.24, 2.45) is 0 Å². The topological polar surface area (TPSA) is 100 Å². The average Bonchev–Trinajstić information content (AvgIpc) is 2.55. The van der Waals surface area contributed by atoms with Gasteiger partial charge in [0.2, 0.25) is 0 Å². The molecule has 0 spiro atoms. The molecule has 2 rings (SSSR count). The Bertz CT molecular complexity index is 438. The fraction of sp³-hybridized carbons (Fsp3) is 0.600. The van der Waals surface area contributed by atoms with Crippen LogP contribution in [-0.4, -0.2) is 66.8 Å². The summed E-state index contributed by atoms with van der Waals surface area (Å²) in [6.45, 7) is 0.0891. The number of benzene rings is 1. The molecule has 1 saturated heterocycles. The smallest absolute Gasteiger partial charge is 0.185 e. The van der Waals surface area contributed by atoms with Crippen LogP contribution in [0.15, 0.2) is 24.3 Å². The molecule has 124 valence electrons. The summed E-state index contributed by atoms with van der Waals surface area (Å²) >= 11 is 0. The van der Waals surface area contributed by atoms with E-state index in [0.29, 0.717) is 6.54 Å². The molecule has 22 heavy (non-hydrogen) atoms. The second kappa shape index (κ2) is 7.87. The van der Waals surface area contributed by atoms with E-state index < -0.39 is 30.6 Å². The van der Waals surface area contributed by atoms with E-state index in [1.165, 1.54) is 7.11 Å². The maximum absolute atomic E-state index is 10.2. The van der Waals surface area contributed by atoms with Crippen LogP contribution in [0, 0.1) is 0 Å². The number of ether oxygens (including phenoxy) is 3. The zero-order valence-electron chi connectivity index (χ0n) is 12.7. The largest absolute Gasteiger partial charge is 0.497 e. The summed E-state index contributed by atoms with van der Waals surface area (Å²) in [7, 11) is 3.00. The molecule has 1 aromatic carbocycles. The van der Waals surface area contributed by atoms with Gasteiger partial charge < -0.3 is 34.8 Å². The van der Waals surface area contributed by atoms with E-state index in [9.17, 15) is 15.3 Å². The third kappa shape index (κ3) is 3.75. The first-order chi connectivity index (χ1) is 10.6. The lowest BCUT2D eigenvalue weighted by atomic mass is 9.96. The molecule has 1 fully saturated rings. The van der Waals surface area contributed by atoms with Crippen molar-refractivity contribution in [3.05, 3.63) is 29.8 Å². The molecule has 1 aliphatic rings. The van der Waals surface area contributed by atoms with Crippen molar-refractivity contribution in [3.8, 4) is 5.75 Å². The number of aliphatic hydroxyl groups excluding tert-OH is 3. The highest BCUT2D eigenvalue weighted by molar-refractivity contribution is 5.27. The van der Waals surface area contributed by atoms with Crippen molar-refractivity contribution in [3.63, 3.8) is 0 Å². The van der Waals surface area contributed by atoms with Gasteiger partial charge in [-0.1, -0.05) is 12.1 Å². The average molecular weight is 313 g/mol. The first kappa shape index (κ1) is 17.1. The van der Waals surface area contributed by atoms with E-state index in [1.54, 1.807) is 7.11 Å². The van der Waals surface area contributed by atoms with Gasteiger partial charge in [0, 0.05) is 13.7 Å². The molecule has 0 radical (unpaired) electrons. The molecular formula is C15H23NO6. The Kier molecular flexibility index (Phi) is 6.13. The van der Waals surface area contributed by atoms with Crippen LogP contribution in [0.5, 0.6) is 5.75 Å². The van der Waals surface area contributed by atoms with Gasteiger partial charge in [-0.05, 0) is 17.7 Å². The van der Waals surface area contributed by atoms with E-state index in [1.807, 2.05) is 24.3 Å². The lowest BCUT2D eigenvalue weighted by molar-refractivity contribution is -0.271. The molecule has 1 aliphatic heterocycles. The fourth-order valence-corrected chi connectivity index (χ4v) is 2.50. The molecule has 1 heterocycles. The van der Waals surface area contributed by atoms with Crippen molar-refractivity contribution in [2.75, 3.05) is 20.8 Å². The van der Waals surface area contributed by atoms with Crippen LogP contribution in [0.4, 0.5) is 0 Å². The molecule has 0 saturated carbocycles. The highest BCUT2D eigenvalue weighted by atomic mass is 16.7. The number of nitrogens with one attached hydrogen (secondary N) is 1. The van der Waals surface area contributed by atoms with Gasteiger partial charge >= 0.3 is 0 Å². The molecule has 0 bridgehead atoms. The van der Waals surface area contributed by atoms with Gasteiger partial charge in [-0.25, -0.2) is 0 Å². The molecule has 7 nitrogen and oxygen atoms in total. The van der Waals surface area contributed by atoms with Crippen LogP contribution >= 0.6 is 0 Å². The van der Waals surface area contributed by atoms with Gasteiger partial charge in [-0.2, -0.15) is 0 Å². The Hall–Kier alpha value is -1.22. The van der Waals surface area contributed by atoms with Crippen molar-refractivity contribution in [2.45, 2.75) is 37.2 Å². The first-order valence-corrected chi connectivity index (χ1v) is 7.12. The minimum atomic E-state index is -1.04. The summed E-state index contributed by atoms with van der Waals surface area (Å²) in [5, 5.41) is 32.7. The number of hydrogen-bond donors (Lipinski definition) is 4. The van der Waals surface area contributed by atoms with E-state index in [4.69, 9.17) is 14.2 Å². The Labute approximate surface area is 129 Å². The highest BCUT2D eigenvalue weighted by Crippen LogP contribution is 2.22. The lowest BCUT2D eigenvalue weighted by Crippen LogP contribution is -2.63. The third-order valence-corrected chi connectivity index (χ3v) is 3.82. The number of aliphatic hydroxyl groups is 3. The van der Waals surface area contributed by atoms with Gasteiger partial charge in [0.05, 0.1) is 19.8 Å². The van der Waals surface area contributed by atoms with Crippen LogP contribution in [0.25, 0.3) is 0 Å². The quantitative estimate of drug-likeness (QED) is 0.548. The predicted molar refractivity (Wildman–Crippen MR) is 78.4 cm³/mol. The summed E-state index contributed by atoms with van der Waals surface area (Å²) in [5.74, 6) is 0.759. The zero-order valence-corrected chi connectivity index (χ0v) is 12.7. The molecule has 0 aromatic heterocycles. The first-order valence-electron chi connectivity index (χ1n) is 7.12. The van der Waals surface area contributed by atoms with E-state index in [2.05, 4.69) is 5.32 Å². The van der Waals surface area contributed by atoms with Gasteiger partial charge in [0.1, 0.15) is 24.1 Å². The Morgan fingerprint density at radius 2 is 1.82 bits per heavy atom. The standard InChI is InChI=1S/C15H23NO6/c1-20-10-5-3-9(4-6-10)7-16-12-13(18)11(8-17)22-15(21-2)14(12)19/h3-6,11-19H,7-8H2,1-2H3/t11-,12-,13-,14+,15+/m1/s1. The zero-order chi connectivity index (χ0) is 16.1. The monoisotopic (exact) mass is 313 g/mol. The van der Waals surface area contributed by atoms with Crippen molar-refractivity contribution in [1.29, 1.82) is 0 Å². The van der Waals surface area contributed by atoms with Gasteiger partial charge in [0.25, 0.3) is 0 Å². The van der Waals surface area contributed by atoms with Crippen LogP contribution in [-0.2, 0) is 16.0 Å². The Morgan fingerprint density at radius 3 is 2.36 bits per heavy atom. The van der Waals surface area contributed by atoms with Gasteiger partial charge in [-0.3, -0.25) is 0 Å².